The molecule has 1 aliphatic carbocycles. The van der Waals surface area contributed by atoms with Crippen LogP contribution in [0.3, 0.4) is 0 Å². The lowest BCUT2D eigenvalue weighted by atomic mass is 9.74. The highest BCUT2D eigenvalue weighted by Crippen LogP contribution is 2.55. The molecule has 0 saturated heterocycles. The molecule has 0 nitrogen and oxygen atoms in total. The van der Waals surface area contributed by atoms with Crippen LogP contribution in [-0.2, 0) is 5.41 Å². The third-order valence-electron chi connectivity index (χ3n) is 8.36. The van der Waals surface area contributed by atoms with E-state index in [1.165, 1.54) is 70.6 Å². The van der Waals surface area contributed by atoms with E-state index in [-0.39, 0.29) is 5.41 Å². The molecule has 0 bridgehead atoms. The number of fused-ring (bicyclic) bond motifs is 5. The summed E-state index contributed by atoms with van der Waals surface area (Å²) in [5, 5.41) is 2.68. The minimum absolute atomic E-state index is 0.164. The fourth-order valence-corrected chi connectivity index (χ4v) is 7.79. The highest BCUT2D eigenvalue weighted by atomic mass is 32.2. The summed E-state index contributed by atoms with van der Waals surface area (Å²) >= 11 is 1.89. The van der Waals surface area contributed by atoms with Crippen molar-refractivity contribution < 1.29 is 0 Å². The molecule has 6 aromatic rings. The van der Waals surface area contributed by atoms with Gasteiger partial charge < -0.3 is 0 Å². The molecule has 0 N–H and O–H groups in total. The van der Waals surface area contributed by atoms with Crippen molar-refractivity contribution in [3.05, 3.63) is 144 Å². The Labute approximate surface area is 221 Å². The van der Waals surface area contributed by atoms with Crippen molar-refractivity contribution in [1.29, 1.82) is 0 Å². The molecule has 0 radical (unpaired) electrons. The highest BCUT2D eigenvalue weighted by Gasteiger charge is 2.40. The predicted octanol–water partition coefficient (Wildman–Crippen LogP) is 9.97. The maximum absolute atomic E-state index is 2.43. The van der Waals surface area contributed by atoms with Crippen molar-refractivity contribution >= 4 is 22.5 Å². The van der Waals surface area contributed by atoms with Crippen LogP contribution in [0.25, 0.3) is 44.2 Å². The van der Waals surface area contributed by atoms with Crippen molar-refractivity contribution in [2.45, 2.75) is 22.1 Å². The SMILES string of the molecule is CC1(c2ccccc2)c2ccccc2-c2cc(-c3cccc4c3-c3cccc5cccc(c35)S4)ccc21. The minimum Gasteiger partial charge on any atom is -0.0888 e. The molecular formula is C36H24S. The van der Waals surface area contributed by atoms with Gasteiger partial charge in [-0.25, -0.2) is 0 Å². The second-order valence-corrected chi connectivity index (χ2v) is 11.3. The van der Waals surface area contributed by atoms with Crippen LogP contribution in [0.2, 0.25) is 0 Å². The normalized spacial score (nSPS) is 16.8. The smallest absolute Gasteiger partial charge is 0.0435 e. The molecule has 174 valence electrons. The molecule has 0 saturated carbocycles. The van der Waals surface area contributed by atoms with Crippen LogP contribution in [0.5, 0.6) is 0 Å². The van der Waals surface area contributed by atoms with E-state index in [0.717, 1.165) is 0 Å². The Morgan fingerprint density at radius 3 is 2.08 bits per heavy atom. The zero-order valence-corrected chi connectivity index (χ0v) is 21.3. The van der Waals surface area contributed by atoms with Crippen molar-refractivity contribution in [2.75, 3.05) is 0 Å². The maximum Gasteiger partial charge on any atom is 0.0435 e. The number of benzene rings is 6. The fourth-order valence-electron chi connectivity index (χ4n) is 6.61. The molecule has 8 rings (SSSR count). The topological polar surface area (TPSA) is 0 Å². The first kappa shape index (κ1) is 21.1. The van der Waals surface area contributed by atoms with Gasteiger partial charge in [0.25, 0.3) is 0 Å². The predicted molar refractivity (Wildman–Crippen MR) is 156 cm³/mol. The molecule has 6 aromatic carbocycles. The van der Waals surface area contributed by atoms with E-state index in [1.54, 1.807) is 0 Å². The second-order valence-electron chi connectivity index (χ2n) is 10.2. The first-order valence-electron chi connectivity index (χ1n) is 12.9. The first-order valence-corrected chi connectivity index (χ1v) is 13.7. The fraction of sp³-hybridized carbons (Fsp3) is 0.0556. The van der Waals surface area contributed by atoms with Gasteiger partial charge in [0.1, 0.15) is 0 Å². The molecule has 1 aliphatic heterocycles. The monoisotopic (exact) mass is 488 g/mol. The van der Waals surface area contributed by atoms with Crippen LogP contribution >= 0.6 is 11.8 Å². The Morgan fingerprint density at radius 1 is 0.514 bits per heavy atom. The summed E-state index contributed by atoms with van der Waals surface area (Å²) in [5.74, 6) is 0. The third kappa shape index (κ3) is 2.86. The Hall–Kier alpha value is -4.07. The van der Waals surface area contributed by atoms with Gasteiger partial charge in [-0.05, 0) is 75.0 Å². The van der Waals surface area contributed by atoms with Crippen LogP contribution in [-0.4, -0.2) is 0 Å². The zero-order chi connectivity index (χ0) is 24.6. The Bertz CT molecular complexity index is 1860. The maximum atomic E-state index is 2.43. The van der Waals surface area contributed by atoms with Gasteiger partial charge in [0.2, 0.25) is 0 Å². The third-order valence-corrected chi connectivity index (χ3v) is 9.48. The summed E-state index contributed by atoms with van der Waals surface area (Å²) in [7, 11) is 0. The van der Waals surface area contributed by atoms with Crippen LogP contribution in [0.1, 0.15) is 23.6 Å². The van der Waals surface area contributed by atoms with Gasteiger partial charge in [-0.2, -0.15) is 0 Å². The van der Waals surface area contributed by atoms with Gasteiger partial charge in [-0.3, -0.25) is 0 Å². The number of rotatable bonds is 2. The second kappa shape index (κ2) is 7.71. The Kier molecular flexibility index (Phi) is 4.39. The van der Waals surface area contributed by atoms with Gasteiger partial charge in [0.05, 0.1) is 0 Å². The van der Waals surface area contributed by atoms with Crippen LogP contribution in [0.15, 0.2) is 137 Å². The van der Waals surface area contributed by atoms with Gasteiger partial charge in [0, 0.05) is 26.2 Å². The van der Waals surface area contributed by atoms with E-state index in [4.69, 9.17) is 0 Å². The van der Waals surface area contributed by atoms with E-state index < -0.39 is 0 Å². The van der Waals surface area contributed by atoms with E-state index in [2.05, 4.69) is 134 Å². The molecule has 0 fully saturated rings. The highest BCUT2D eigenvalue weighted by molar-refractivity contribution is 7.99. The van der Waals surface area contributed by atoms with Gasteiger partial charge in [-0.15, -0.1) is 0 Å². The van der Waals surface area contributed by atoms with E-state index >= 15 is 0 Å². The molecule has 0 spiro atoms. The zero-order valence-electron chi connectivity index (χ0n) is 20.5. The van der Waals surface area contributed by atoms with E-state index in [1.807, 2.05) is 11.8 Å². The molecule has 0 amide bonds. The van der Waals surface area contributed by atoms with Crippen LogP contribution < -0.4 is 0 Å². The molecule has 37 heavy (non-hydrogen) atoms. The number of hydrogen-bond donors (Lipinski definition) is 0. The van der Waals surface area contributed by atoms with Gasteiger partial charge in [0.15, 0.2) is 0 Å². The van der Waals surface area contributed by atoms with Crippen molar-refractivity contribution in [3.8, 4) is 33.4 Å². The lowest BCUT2D eigenvalue weighted by Crippen LogP contribution is -2.22. The lowest BCUT2D eigenvalue weighted by molar-refractivity contribution is 0.714. The van der Waals surface area contributed by atoms with E-state index in [0.29, 0.717) is 0 Å². The largest absolute Gasteiger partial charge is 0.0888 e. The summed E-state index contributed by atoms with van der Waals surface area (Å²) in [5.41, 5.74) is 11.9. The number of hydrogen-bond acceptors (Lipinski definition) is 1. The summed E-state index contributed by atoms with van der Waals surface area (Å²) in [6.07, 6.45) is 0. The summed E-state index contributed by atoms with van der Waals surface area (Å²) < 4.78 is 0. The Morgan fingerprint density at radius 2 is 1.19 bits per heavy atom. The van der Waals surface area contributed by atoms with E-state index in [9.17, 15) is 0 Å². The lowest BCUT2D eigenvalue weighted by Gasteiger charge is -2.28. The average Bonchev–Trinajstić information content (AvgIpc) is 3.22. The van der Waals surface area contributed by atoms with Crippen molar-refractivity contribution in [3.63, 3.8) is 0 Å². The summed E-state index contributed by atoms with van der Waals surface area (Å²) in [4.78, 5) is 2.68. The standard InChI is InChI=1S/C36H24S/c1-36(25-12-3-2-4-13-25)30-17-6-5-14-27(30)29-22-24(20-21-31(29)36)26-15-9-19-33-35(26)28-16-7-10-23-11-8-18-32(37-33)34(23)28/h2-22H,1H3. The molecule has 1 atom stereocenters. The van der Waals surface area contributed by atoms with Gasteiger partial charge >= 0.3 is 0 Å². The molecule has 1 heteroatoms. The van der Waals surface area contributed by atoms with Crippen LogP contribution in [0, 0.1) is 0 Å². The van der Waals surface area contributed by atoms with Crippen molar-refractivity contribution in [1.82, 2.24) is 0 Å². The summed E-state index contributed by atoms with van der Waals surface area (Å²) in [6, 6.07) is 47.2. The minimum atomic E-state index is -0.164. The quantitative estimate of drug-likeness (QED) is 0.233. The van der Waals surface area contributed by atoms with Gasteiger partial charge in [-0.1, -0.05) is 121 Å². The van der Waals surface area contributed by atoms with Crippen LogP contribution in [0.4, 0.5) is 0 Å². The first-order chi connectivity index (χ1) is 18.2. The Balaban J connectivity index is 1.38. The summed E-state index contributed by atoms with van der Waals surface area (Å²) in [6.45, 7) is 2.38. The average molecular weight is 489 g/mol. The molecule has 0 aromatic heterocycles. The molecule has 1 unspecified atom stereocenters. The molecule has 2 aliphatic rings. The molecular weight excluding hydrogens is 464 g/mol. The molecule has 1 heterocycles. The van der Waals surface area contributed by atoms with Crippen molar-refractivity contribution in [2.24, 2.45) is 0 Å².